The van der Waals surface area contributed by atoms with E-state index in [1.54, 1.807) is 19.2 Å². The molecule has 1 aliphatic rings. The van der Waals surface area contributed by atoms with Gasteiger partial charge in [-0.25, -0.2) is 12.8 Å². The number of hydrogen-bond donors (Lipinski definition) is 2. The fourth-order valence-electron chi connectivity index (χ4n) is 2.35. The second kappa shape index (κ2) is 9.40. The molecule has 1 saturated heterocycles. The largest absolute Gasteiger partial charge is 0.489 e. The highest BCUT2D eigenvalue weighted by Gasteiger charge is 2.28. The molecule has 1 heterocycles. The Hall–Kier alpha value is -1.10. The lowest BCUT2D eigenvalue weighted by atomic mass is 10.3. The van der Waals surface area contributed by atoms with Crippen molar-refractivity contribution >= 4 is 39.8 Å². The van der Waals surface area contributed by atoms with Crippen molar-refractivity contribution in [3.63, 3.8) is 0 Å². The van der Waals surface area contributed by atoms with E-state index in [9.17, 15) is 12.8 Å². The normalized spacial score (nSPS) is 20.8. The van der Waals surface area contributed by atoms with Gasteiger partial charge in [0.25, 0.3) is 0 Å². The second-order valence-electron chi connectivity index (χ2n) is 5.58. The van der Waals surface area contributed by atoms with Crippen molar-refractivity contribution in [1.82, 2.24) is 10.6 Å². The zero-order valence-corrected chi connectivity index (χ0v) is 16.8. The SMILES string of the molecule is CN=C(NCC(C)Oc1cccc(F)c1)NC1CCS(=O)(=O)C1.I. The molecule has 0 aliphatic carbocycles. The molecule has 0 spiro atoms. The number of guanidine groups is 1. The van der Waals surface area contributed by atoms with Crippen LogP contribution in [0.1, 0.15) is 13.3 Å². The van der Waals surface area contributed by atoms with E-state index in [1.165, 1.54) is 12.1 Å². The number of aliphatic imine (C=N–C) groups is 1. The first-order valence-corrected chi connectivity index (χ1v) is 9.30. The van der Waals surface area contributed by atoms with Gasteiger partial charge >= 0.3 is 0 Å². The minimum atomic E-state index is -2.93. The predicted octanol–water partition coefficient (Wildman–Crippen LogP) is 1.56. The lowest BCUT2D eigenvalue weighted by Gasteiger charge is -2.19. The molecule has 1 fully saturated rings. The van der Waals surface area contributed by atoms with Gasteiger partial charge in [0.15, 0.2) is 15.8 Å². The summed E-state index contributed by atoms with van der Waals surface area (Å²) in [6.45, 7) is 2.31. The highest BCUT2D eigenvalue weighted by Crippen LogP contribution is 2.13. The average molecular weight is 471 g/mol. The van der Waals surface area contributed by atoms with Gasteiger partial charge < -0.3 is 15.4 Å². The Morgan fingerprint density at radius 1 is 1.50 bits per heavy atom. The molecule has 6 nitrogen and oxygen atoms in total. The summed E-state index contributed by atoms with van der Waals surface area (Å²) in [5.41, 5.74) is 0. The van der Waals surface area contributed by atoms with E-state index in [0.29, 0.717) is 24.7 Å². The van der Waals surface area contributed by atoms with Crippen LogP contribution in [0, 0.1) is 5.82 Å². The molecule has 1 aromatic carbocycles. The minimum Gasteiger partial charge on any atom is -0.489 e. The Kier molecular flexibility index (Phi) is 8.20. The number of sulfone groups is 1. The summed E-state index contributed by atoms with van der Waals surface area (Å²) in [6.07, 6.45) is 0.376. The quantitative estimate of drug-likeness (QED) is 0.387. The molecule has 2 atom stereocenters. The van der Waals surface area contributed by atoms with Gasteiger partial charge in [-0.3, -0.25) is 4.99 Å². The maximum absolute atomic E-state index is 13.1. The summed E-state index contributed by atoms with van der Waals surface area (Å²) in [5, 5.41) is 6.18. The number of nitrogens with zero attached hydrogens (tertiary/aromatic N) is 1. The minimum absolute atomic E-state index is 0. The van der Waals surface area contributed by atoms with Crippen LogP contribution in [-0.2, 0) is 9.84 Å². The van der Waals surface area contributed by atoms with Crippen molar-refractivity contribution in [2.45, 2.75) is 25.5 Å². The maximum Gasteiger partial charge on any atom is 0.191 e. The molecule has 0 saturated carbocycles. The molecule has 9 heteroatoms. The molecule has 0 aromatic heterocycles. The molecular formula is C15H23FIN3O3S. The Labute approximate surface area is 159 Å². The van der Waals surface area contributed by atoms with Crippen LogP contribution in [0.2, 0.25) is 0 Å². The van der Waals surface area contributed by atoms with Gasteiger partial charge in [-0.05, 0) is 25.5 Å². The van der Waals surface area contributed by atoms with Crippen molar-refractivity contribution < 1.29 is 17.5 Å². The smallest absolute Gasteiger partial charge is 0.191 e. The Morgan fingerprint density at radius 3 is 2.83 bits per heavy atom. The van der Waals surface area contributed by atoms with Crippen LogP contribution in [-0.4, -0.2) is 51.6 Å². The molecule has 1 aliphatic heterocycles. The van der Waals surface area contributed by atoms with Crippen LogP contribution in [0.25, 0.3) is 0 Å². The van der Waals surface area contributed by atoms with E-state index in [-0.39, 0.29) is 53.4 Å². The van der Waals surface area contributed by atoms with E-state index in [1.807, 2.05) is 6.92 Å². The zero-order valence-electron chi connectivity index (χ0n) is 13.7. The van der Waals surface area contributed by atoms with Gasteiger partial charge in [-0.2, -0.15) is 0 Å². The van der Waals surface area contributed by atoms with Crippen molar-refractivity contribution in [2.24, 2.45) is 4.99 Å². The Balaban J connectivity index is 0.00000288. The predicted molar refractivity (Wildman–Crippen MR) is 103 cm³/mol. The lowest BCUT2D eigenvalue weighted by molar-refractivity contribution is 0.223. The van der Waals surface area contributed by atoms with E-state index in [2.05, 4.69) is 15.6 Å². The third kappa shape index (κ3) is 6.80. The topological polar surface area (TPSA) is 79.8 Å². The van der Waals surface area contributed by atoms with Crippen molar-refractivity contribution in [3.8, 4) is 5.75 Å². The molecular weight excluding hydrogens is 448 g/mol. The summed E-state index contributed by atoms with van der Waals surface area (Å²) >= 11 is 0. The standard InChI is InChI=1S/C15H22FN3O3S.HI/c1-11(22-14-5-3-4-12(16)8-14)9-18-15(17-2)19-13-6-7-23(20,21)10-13;/h3-5,8,11,13H,6-7,9-10H2,1-2H3,(H2,17,18,19);1H. The molecule has 1 aromatic rings. The highest BCUT2D eigenvalue weighted by molar-refractivity contribution is 14.0. The van der Waals surface area contributed by atoms with Crippen molar-refractivity contribution in [3.05, 3.63) is 30.1 Å². The van der Waals surface area contributed by atoms with Crippen LogP contribution in [0.3, 0.4) is 0 Å². The zero-order chi connectivity index (χ0) is 16.9. The molecule has 0 radical (unpaired) electrons. The monoisotopic (exact) mass is 471 g/mol. The molecule has 136 valence electrons. The molecule has 0 amide bonds. The Morgan fingerprint density at radius 2 is 2.25 bits per heavy atom. The molecule has 24 heavy (non-hydrogen) atoms. The van der Waals surface area contributed by atoms with Gasteiger partial charge in [0.05, 0.1) is 18.1 Å². The fourth-order valence-corrected chi connectivity index (χ4v) is 4.02. The maximum atomic E-state index is 13.1. The highest BCUT2D eigenvalue weighted by atomic mass is 127. The summed E-state index contributed by atoms with van der Waals surface area (Å²) in [7, 11) is -1.31. The summed E-state index contributed by atoms with van der Waals surface area (Å²) in [6, 6.07) is 5.84. The van der Waals surface area contributed by atoms with E-state index in [0.717, 1.165) is 0 Å². The van der Waals surface area contributed by atoms with Crippen molar-refractivity contribution in [2.75, 3.05) is 25.1 Å². The van der Waals surface area contributed by atoms with Gasteiger partial charge in [0.1, 0.15) is 17.7 Å². The Bertz CT molecular complexity index is 670. The summed E-state index contributed by atoms with van der Waals surface area (Å²) in [5.74, 6) is 0.984. The van der Waals surface area contributed by atoms with Crippen LogP contribution in [0.5, 0.6) is 5.75 Å². The first-order chi connectivity index (χ1) is 10.9. The number of ether oxygens (including phenoxy) is 1. The first kappa shape index (κ1) is 20.9. The van der Waals surface area contributed by atoms with Crippen LogP contribution in [0.15, 0.2) is 29.3 Å². The third-order valence-corrected chi connectivity index (χ3v) is 5.26. The number of hydrogen-bond acceptors (Lipinski definition) is 4. The number of rotatable bonds is 5. The van der Waals surface area contributed by atoms with Gasteiger partial charge in [0, 0.05) is 19.2 Å². The van der Waals surface area contributed by atoms with Gasteiger partial charge in [-0.15, -0.1) is 24.0 Å². The van der Waals surface area contributed by atoms with Crippen molar-refractivity contribution in [1.29, 1.82) is 0 Å². The number of halogens is 2. The molecule has 2 unspecified atom stereocenters. The first-order valence-electron chi connectivity index (χ1n) is 7.48. The van der Waals surface area contributed by atoms with Crippen LogP contribution >= 0.6 is 24.0 Å². The molecule has 2 rings (SSSR count). The summed E-state index contributed by atoms with van der Waals surface area (Å²) < 4.78 is 41.6. The molecule has 0 bridgehead atoms. The van der Waals surface area contributed by atoms with Gasteiger partial charge in [0.2, 0.25) is 0 Å². The van der Waals surface area contributed by atoms with E-state index < -0.39 is 9.84 Å². The fraction of sp³-hybridized carbons (Fsp3) is 0.533. The van der Waals surface area contributed by atoms with E-state index >= 15 is 0 Å². The van der Waals surface area contributed by atoms with E-state index in [4.69, 9.17) is 4.74 Å². The number of nitrogens with one attached hydrogen (secondary N) is 2. The number of benzene rings is 1. The lowest BCUT2D eigenvalue weighted by Crippen LogP contribution is -2.46. The van der Waals surface area contributed by atoms with Gasteiger partial charge in [-0.1, -0.05) is 6.07 Å². The second-order valence-corrected chi connectivity index (χ2v) is 7.81. The van der Waals surface area contributed by atoms with Crippen LogP contribution in [0.4, 0.5) is 4.39 Å². The average Bonchev–Trinajstić information content (AvgIpc) is 2.82. The summed E-state index contributed by atoms with van der Waals surface area (Å²) in [4.78, 5) is 4.08. The molecule has 2 N–H and O–H groups in total. The third-order valence-electron chi connectivity index (χ3n) is 3.49. The van der Waals surface area contributed by atoms with Crippen LogP contribution < -0.4 is 15.4 Å².